The fraction of sp³-hybridized carbons (Fsp3) is 0.396. The fourth-order valence-corrected chi connectivity index (χ4v) is 9.87. The smallest absolute Gasteiger partial charge is 0.251 e. The van der Waals surface area contributed by atoms with E-state index in [9.17, 15) is 29.1 Å². The van der Waals surface area contributed by atoms with E-state index in [1.54, 1.807) is 35.9 Å². The monoisotopic (exact) mass is 991 g/mol. The lowest BCUT2D eigenvalue weighted by atomic mass is 9.85. The number of amides is 5. The summed E-state index contributed by atoms with van der Waals surface area (Å²) in [5, 5.41) is 23.4. The van der Waals surface area contributed by atoms with E-state index in [0.29, 0.717) is 10.6 Å². The van der Waals surface area contributed by atoms with Gasteiger partial charge in [-0.05, 0) is 102 Å². The van der Waals surface area contributed by atoms with Gasteiger partial charge in [-0.2, -0.15) is 0 Å². The van der Waals surface area contributed by atoms with Crippen LogP contribution in [0.1, 0.15) is 80.7 Å². The number of β-amino-alcohol motifs (C(OH)–C–C–N with tert-alkyl or cyclic N) is 1. The van der Waals surface area contributed by atoms with Crippen LogP contribution in [0.3, 0.4) is 0 Å². The Bertz CT molecular complexity index is 2640. The highest BCUT2D eigenvalue weighted by Crippen LogP contribution is 2.41. The quantitative estimate of drug-likeness (QED) is 0.0557. The van der Waals surface area contributed by atoms with Gasteiger partial charge in [0, 0.05) is 61.0 Å². The lowest BCUT2D eigenvalue weighted by Crippen LogP contribution is -2.58. The molecule has 0 spiro atoms. The Hall–Kier alpha value is -6.17. The van der Waals surface area contributed by atoms with Gasteiger partial charge in [0.2, 0.25) is 23.6 Å². The number of fused-ring (bicyclic) bond motifs is 1. The van der Waals surface area contributed by atoms with Crippen LogP contribution in [0.2, 0.25) is 5.02 Å². The van der Waals surface area contributed by atoms with Gasteiger partial charge in [0.05, 0.1) is 48.0 Å². The molecule has 5 N–H and O–H groups in total. The summed E-state index contributed by atoms with van der Waals surface area (Å²) in [6, 6.07) is 26.9. The van der Waals surface area contributed by atoms with E-state index in [1.165, 1.54) is 4.90 Å². The van der Waals surface area contributed by atoms with Crippen molar-refractivity contribution < 1.29 is 38.6 Å². The van der Waals surface area contributed by atoms with Crippen molar-refractivity contribution in [1.82, 2.24) is 25.8 Å². The maximum atomic E-state index is 14.0. The number of nitrogens with zero attached hydrogens (tertiary/aromatic N) is 3. The third-order valence-corrected chi connectivity index (χ3v) is 13.8. The van der Waals surface area contributed by atoms with Gasteiger partial charge in [-0.1, -0.05) is 74.8 Å². The topological polar surface area (TPSA) is 192 Å². The molecule has 1 saturated heterocycles. The largest absolute Gasteiger partial charge is 0.391 e. The maximum Gasteiger partial charge on any atom is 0.251 e. The minimum absolute atomic E-state index is 0.000523. The number of benzene rings is 4. The van der Waals surface area contributed by atoms with E-state index in [0.717, 1.165) is 56.2 Å². The van der Waals surface area contributed by atoms with E-state index in [2.05, 4.69) is 39.2 Å². The minimum Gasteiger partial charge on any atom is -0.391 e. The molecule has 17 heteroatoms. The molecule has 0 aliphatic carbocycles. The number of carbonyl (C=O) groups is 5. The average molecular weight is 993 g/mol. The number of aryl methyl sites for hydroxylation is 1. The van der Waals surface area contributed by atoms with Gasteiger partial charge in [-0.3, -0.25) is 24.0 Å². The number of thiazole rings is 1. The van der Waals surface area contributed by atoms with Gasteiger partial charge >= 0.3 is 0 Å². The number of halogens is 1. The molecule has 4 aromatic carbocycles. The van der Waals surface area contributed by atoms with Gasteiger partial charge < -0.3 is 45.6 Å². The normalized spacial score (nSPS) is 18.2. The molecule has 370 valence electrons. The second kappa shape index (κ2) is 23.2. The highest BCUT2D eigenvalue weighted by molar-refractivity contribution is 7.13. The molecule has 15 nitrogen and oxygen atoms in total. The van der Waals surface area contributed by atoms with Crippen LogP contribution in [-0.4, -0.2) is 108 Å². The van der Waals surface area contributed by atoms with Crippen molar-refractivity contribution in [1.29, 1.82) is 0 Å². The predicted molar refractivity (Wildman–Crippen MR) is 273 cm³/mol. The first kappa shape index (κ1) is 51.7. The summed E-state index contributed by atoms with van der Waals surface area (Å²) >= 11 is 7.69. The molecule has 7 rings (SSSR count). The summed E-state index contributed by atoms with van der Waals surface area (Å²) in [5.74, 6) is -1.63. The zero-order valence-corrected chi connectivity index (χ0v) is 42.0. The summed E-state index contributed by atoms with van der Waals surface area (Å²) in [4.78, 5) is 74.8. The van der Waals surface area contributed by atoms with Crippen LogP contribution >= 0.6 is 22.9 Å². The van der Waals surface area contributed by atoms with Crippen molar-refractivity contribution in [3.05, 3.63) is 124 Å². The van der Waals surface area contributed by atoms with E-state index in [1.807, 2.05) is 105 Å². The van der Waals surface area contributed by atoms with Crippen LogP contribution in [0, 0.1) is 12.3 Å². The Morgan fingerprint density at radius 1 is 0.871 bits per heavy atom. The summed E-state index contributed by atoms with van der Waals surface area (Å²) in [6.07, 6.45) is -0.0864. The summed E-state index contributed by atoms with van der Waals surface area (Å²) in [6.45, 7) is 11.7. The molecular formula is C53H62ClN7O8S. The van der Waals surface area contributed by atoms with Crippen LogP contribution < -0.4 is 26.2 Å². The van der Waals surface area contributed by atoms with Gasteiger partial charge in [-0.15, -0.1) is 11.3 Å². The number of likely N-dealkylation sites (tertiary alicyclic amines) is 1. The summed E-state index contributed by atoms with van der Waals surface area (Å²) < 4.78 is 11.2. The van der Waals surface area contributed by atoms with Gasteiger partial charge in [-0.25, -0.2) is 4.98 Å². The zero-order valence-electron chi connectivity index (χ0n) is 40.4. The van der Waals surface area contributed by atoms with Crippen LogP contribution in [0.5, 0.6) is 0 Å². The first-order valence-electron chi connectivity index (χ1n) is 23.5. The zero-order chi connectivity index (χ0) is 50.1. The van der Waals surface area contributed by atoms with Crippen molar-refractivity contribution in [2.24, 2.45) is 5.41 Å². The van der Waals surface area contributed by atoms with E-state index in [-0.39, 0.29) is 82.3 Å². The van der Waals surface area contributed by atoms with Crippen LogP contribution in [-0.2, 0) is 35.2 Å². The summed E-state index contributed by atoms with van der Waals surface area (Å²) in [7, 11) is 0. The molecule has 0 radical (unpaired) electrons. The van der Waals surface area contributed by atoms with Gasteiger partial charge in [0.1, 0.15) is 18.7 Å². The molecule has 5 unspecified atom stereocenters. The van der Waals surface area contributed by atoms with E-state index < -0.39 is 35.4 Å². The Morgan fingerprint density at radius 2 is 1.56 bits per heavy atom. The Balaban J connectivity index is 0.827. The Labute approximate surface area is 418 Å². The minimum atomic E-state index is -0.993. The molecule has 0 bridgehead atoms. The van der Waals surface area contributed by atoms with Crippen LogP contribution in [0.4, 0.5) is 11.4 Å². The molecule has 5 aromatic rings. The Morgan fingerprint density at radius 3 is 2.23 bits per heavy atom. The number of nitrogens with one attached hydrogen (secondary N) is 4. The lowest BCUT2D eigenvalue weighted by Gasteiger charge is -2.39. The maximum absolute atomic E-state index is 14.0. The second-order valence-corrected chi connectivity index (χ2v) is 20.2. The van der Waals surface area contributed by atoms with Crippen LogP contribution in [0.15, 0.2) is 96.5 Å². The van der Waals surface area contributed by atoms with E-state index in [4.69, 9.17) is 21.1 Å². The molecule has 2 aliphatic heterocycles. The van der Waals surface area contributed by atoms with Crippen molar-refractivity contribution in [2.75, 3.05) is 49.7 Å². The molecular weight excluding hydrogens is 930 g/mol. The third-order valence-electron chi connectivity index (χ3n) is 12.5. The number of aliphatic hydroxyl groups is 1. The number of carbonyl (C=O) groups excluding carboxylic acids is 5. The lowest BCUT2D eigenvalue weighted by molar-refractivity contribution is -0.144. The molecule has 5 amide bonds. The molecule has 70 heavy (non-hydrogen) atoms. The van der Waals surface area contributed by atoms with Crippen molar-refractivity contribution in [2.45, 2.75) is 91.2 Å². The molecule has 3 heterocycles. The highest BCUT2D eigenvalue weighted by atomic mass is 35.5. The Kier molecular flexibility index (Phi) is 17.1. The first-order chi connectivity index (χ1) is 33.5. The number of aromatic nitrogens is 1. The van der Waals surface area contributed by atoms with Crippen LogP contribution in [0.25, 0.3) is 21.6 Å². The molecule has 5 atom stereocenters. The number of rotatable bonds is 18. The van der Waals surface area contributed by atoms with Gasteiger partial charge in [0.25, 0.3) is 5.91 Å². The third kappa shape index (κ3) is 13.0. The average Bonchev–Trinajstić information content (AvgIpc) is 3.95. The number of aliphatic hydroxyl groups excluding tert-OH is 1. The molecule has 2 aliphatic rings. The van der Waals surface area contributed by atoms with Gasteiger partial charge in [0.15, 0.2) is 0 Å². The van der Waals surface area contributed by atoms with Crippen molar-refractivity contribution in [3.8, 4) is 21.6 Å². The van der Waals surface area contributed by atoms with Crippen molar-refractivity contribution in [3.63, 3.8) is 0 Å². The van der Waals surface area contributed by atoms with E-state index >= 15 is 0 Å². The number of anilines is 2. The van der Waals surface area contributed by atoms with Crippen molar-refractivity contribution >= 4 is 63.8 Å². The predicted octanol–water partition coefficient (Wildman–Crippen LogP) is 7.31. The number of hydrogen-bond acceptors (Lipinski definition) is 11. The molecule has 1 aromatic heterocycles. The fourth-order valence-electron chi connectivity index (χ4n) is 8.93. The second-order valence-electron chi connectivity index (χ2n) is 18.9. The highest BCUT2D eigenvalue weighted by Gasteiger charge is 2.44. The summed E-state index contributed by atoms with van der Waals surface area (Å²) in [5.41, 5.74) is 9.14. The SMILES string of the molecule is CC(=O)N1c2ccc(-c3ccc(C(=O)NCCOCCOCC(=O)NC(C(=O)N4CC(O)CC4C(=O)NCc4ccc(-c5scnc5C)cc4)C(C)(C)C)cc3)cc2C(Nc2ccc(Cl)cc2)CC1C. The number of ether oxygens (including phenoxy) is 2. The first-order valence-corrected chi connectivity index (χ1v) is 24.8. The molecule has 0 saturated carbocycles. The standard InChI is InChI=1S/C53H62ClN7O8S/c1-32-25-44(58-41-18-16-40(54)17-19-41)43-26-39(15-20-45(43)61(32)34(3)62)36-11-13-38(14-12-36)50(65)55-21-22-68-23-24-69-30-47(64)59-49(53(4,5)6)52(67)60-29-42(63)27-46(60)51(66)56-28-35-7-9-37(10-8-35)48-33(2)57-31-70-48/h7-20,26,31-32,42,44,46,49,58,63H,21-25,27-30H2,1-6H3,(H,55,65)(H,56,66)(H,59,64). The molecule has 1 fully saturated rings. The number of hydrogen-bond donors (Lipinski definition) is 5.